The van der Waals surface area contributed by atoms with Gasteiger partial charge in [-0.1, -0.05) is 48.5 Å². The van der Waals surface area contributed by atoms with E-state index in [4.69, 9.17) is 4.74 Å². The van der Waals surface area contributed by atoms with E-state index in [1.54, 1.807) is 0 Å². The minimum absolute atomic E-state index is 0.105. The largest absolute Gasteiger partial charge is 0.396 e. The predicted molar refractivity (Wildman–Crippen MR) is 138 cm³/mol. The number of anilines is 1. The highest BCUT2D eigenvalue weighted by Gasteiger charge is 2.77. The van der Waals surface area contributed by atoms with Crippen molar-refractivity contribution in [2.24, 2.45) is 11.8 Å². The first-order chi connectivity index (χ1) is 17.7. The minimum atomic E-state index is -1.09. The van der Waals surface area contributed by atoms with Crippen LogP contribution in [-0.2, 0) is 25.7 Å². The van der Waals surface area contributed by atoms with Gasteiger partial charge in [-0.2, -0.15) is 0 Å². The summed E-state index contributed by atoms with van der Waals surface area (Å²) < 4.78 is 6.62. The smallest absolute Gasteiger partial charge is 0.250 e. The van der Waals surface area contributed by atoms with E-state index in [1.807, 2.05) is 69.3 Å². The Morgan fingerprint density at radius 2 is 1.76 bits per heavy atom. The van der Waals surface area contributed by atoms with E-state index in [9.17, 15) is 19.5 Å². The summed E-state index contributed by atoms with van der Waals surface area (Å²) in [6.45, 7) is 6.21. The van der Waals surface area contributed by atoms with Crippen LogP contribution in [0.5, 0.6) is 0 Å². The van der Waals surface area contributed by atoms with Crippen molar-refractivity contribution in [3.8, 4) is 0 Å². The Labute approximate surface area is 217 Å². The van der Waals surface area contributed by atoms with E-state index in [2.05, 4.69) is 10.6 Å². The lowest BCUT2D eigenvalue weighted by Gasteiger charge is -2.33. The number of ether oxygens (including phenoxy) is 1. The van der Waals surface area contributed by atoms with Crippen molar-refractivity contribution in [1.82, 2.24) is 10.2 Å². The van der Waals surface area contributed by atoms with Crippen molar-refractivity contribution in [3.63, 3.8) is 0 Å². The number of rotatable bonds is 8. The molecular weight excluding hydrogens is 470 g/mol. The zero-order valence-corrected chi connectivity index (χ0v) is 21.6. The Bertz CT molecular complexity index is 1200. The van der Waals surface area contributed by atoms with Crippen LogP contribution in [0.1, 0.15) is 42.9 Å². The van der Waals surface area contributed by atoms with Gasteiger partial charge in [0.15, 0.2) is 0 Å². The van der Waals surface area contributed by atoms with Crippen molar-refractivity contribution in [3.05, 3.63) is 65.2 Å². The number of amides is 3. The maximum atomic E-state index is 13.9. The van der Waals surface area contributed by atoms with Gasteiger partial charge < -0.3 is 25.4 Å². The molecule has 2 bridgehead atoms. The highest BCUT2D eigenvalue weighted by atomic mass is 16.5. The number of fused-ring (bicyclic) bond motifs is 1. The molecule has 2 aromatic rings. The number of benzene rings is 2. The van der Waals surface area contributed by atoms with Crippen LogP contribution in [0.15, 0.2) is 48.5 Å². The Morgan fingerprint density at radius 3 is 2.43 bits per heavy atom. The molecule has 1 spiro atoms. The zero-order valence-electron chi connectivity index (χ0n) is 21.6. The van der Waals surface area contributed by atoms with Gasteiger partial charge in [-0.25, -0.2) is 0 Å². The number of nitrogens with zero attached hydrogens (tertiary/aromatic N) is 1. The SMILES string of the molecule is Cc1cccc(C)c1NC(=O)C1N(CCCO)C(=O)[C@@H]2[C@@H](C(=O)NCc3ccccc3)[C@@]3(C)CCC12O3. The summed E-state index contributed by atoms with van der Waals surface area (Å²) in [6, 6.07) is 14.5. The van der Waals surface area contributed by atoms with Crippen LogP contribution < -0.4 is 10.6 Å². The molecule has 196 valence electrons. The highest BCUT2D eigenvalue weighted by molar-refractivity contribution is 6.04. The molecule has 5 rings (SSSR count). The standard InChI is InChI=1S/C29H35N3O5/c1-18-9-7-10-19(2)23(18)31-26(35)24-29-14-13-28(3,37-29)21(22(29)27(36)32(24)15-8-16-33)25(34)30-17-20-11-5-4-6-12-20/h4-7,9-12,21-22,24,33H,8,13-17H2,1-3H3,(H,30,34)(H,31,35)/t21-,22-,24?,28+,29?/m0/s1. The van der Waals surface area contributed by atoms with E-state index in [0.29, 0.717) is 25.8 Å². The lowest BCUT2D eigenvalue weighted by Crippen LogP contribution is -2.53. The molecule has 3 fully saturated rings. The molecule has 37 heavy (non-hydrogen) atoms. The molecule has 5 atom stereocenters. The lowest BCUT2D eigenvalue weighted by atomic mass is 9.66. The molecule has 3 saturated heterocycles. The van der Waals surface area contributed by atoms with Gasteiger partial charge in [-0.3, -0.25) is 14.4 Å². The zero-order chi connectivity index (χ0) is 26.4. The summed E-state index contributed by atoms with van der Waals surface area (Å²) in [5, 5.41) is 15.6. The molecule has 0 saturated carbocycles. The number of carbonyl (C=O) groups excluding carboxylic acids is 3. The van der Waals surface area contributed by atoms with Crippen LogP contribution in [0, 0.1) is 25.7 Å². The van der Waals surface area contributed by atoms with Gasteiger partial charge in [-0.15, -0.1) is 0 Å². The van der Waals surface area contributed by atoms with Crippen LogP contribution in [-0.4, -0.2) is 58.1 Å². The van der Waals surface area contributed by atoms with Crippen LogP contribution in [0.25, 0.3) is 0 Å². The van der Waals surface area contributed by atoms with Crippen molar-refractivity contribution in [2.75, 3.05) is 18.5 Å². The van der Waals surface area contributed by atoms with E-state index in [-0.39, 0.29) is 30.9 Å². The molecule has 3 heterocycles. The summed E-state index contributed by atoms with van der Waals surface area (Å²) in [4.78, 5) is 42.9. The number of likely N-dealkylation sites (tertiary alicyclic amines) is 1. The van der Waals surface area contributed by atoms with Gasteiger partial charge in [0.2, 0.25) is 17.7 Å². The maximum absolute atomic E-state index is 13.9. The number of aliphatic hydroxyl groups excluding tert-OH is 1. The van der Waals surface area contributed by atoms with Crippen molar-refractivity contribution in [1.29, 1.82) is 0 Å². The number of nitrogens with one attached hydrogen (secondary N) is 2. The van der Waals surface area contributed by atoms with Gasteiger partial charge >= 0.3 is 0 Å². The Hall–Kier alpha value is -3.23. The van der Waals surface area contributed by atoms with Gasteiger partial charge in [0.05, 0.1) is 17.4 Å². The van der Waals surface area contributed by atoms with E-state index in [1.165, 1.54) is 4.90 Å². The van der Waals surface area contributed by atoms with Crippen LogP contribution in [0.2, 0.25) is 0 Å². The minimum Gasteiger partial charge on any atom is -0.396 e. The Morgan fingerprint density at radius 1 is 1.05 bits per heavy atom. The van der Waals surface area contributed by atoms with Crippen LogP contribution >= 0.6 is 0 Å². The quantitative estimate of drug-likeness (QED) is 0.511. The average Bonchev–Trinajstić information content (AvgIpc) is 3.44. The highest BCUT2D eigenvalue weighted by Crippen LogP contribution is 2.63. The number of aliphatic hydroxyl groups is 1. The number of hydrogen-bond acceptors (Lipinski definition) is 5. The van der Waals surface area contributed by atoms with Crippen molar-refractivity contribution < 1.29 is 24.2 Å². The summed E-state index contributed by atoms with van der Waals surface area (Å²) in [5.74, 6) is -2.26. The topological polar surface area (TPSA) is 108 Å². The summed E-state index contributed by atoms with van der Waals surface area (Å²) in [5.41, 5.74) is 1.62. The monoisotopic (exact) mass is 505 g/mol. The van der Waals surface area contributed by atoms with E-state index in [0.717, 1.165) is 22.4 Å². The third-order valence-corrected chi connectivity index (χ3v) is 8.40. The van der Waals surface area contributed by atoms with Crippen molar-refractivity contribution >= 4 is 23.4 Å². The van der Waals surface area contributed by atoms with E-state index < -0.39 is 29.1 Å². The van der Waals surface area contributed by atoms with Crippen molar-refractivity contribution in [2.45, 2.75) is 63.8 Å². The molecule has 0 aliphatic carbocycles. The lowest BCUT2D eigenvalue weighted by molar-refractivity contribution is -0.144. The molecule has 3 amide bonds. The normalized spacial score (nSPS) is 29.9. The molecule has 3 aliphatic heterocycles. The van der Waals surface area contributed by atoms with E-state index >= 15 is 0 Å². The summed E-state index contributed by atoms with van der Waals surface area (Å²) in [7, 11) is 0. The van der Waals surface area contributed by atoms with Gasteiger partial charge in [0.25, 0.3) is 0 Å². The fraction of sp³-hybridized carbons (Fsp3) is 0.483. The van der Waals surface area contributed by atoms with Crippen LogP contribution in [0.3, 0.4) is 0 Å². The summed E-state index contributed by atoms with van der Waals surface area (Å²) in [6.07, 6.45) is 1.44. The van der Waals surface area contributed by atoms with Crippen LogP contribution in [0.4, 0.5) is 5.69 Å². The maximum Gasteiger partial charge on any atom is 0.250 e. The molecule has 2 aromatic carbocycles. The fourth-order valence-corrected chi connectivity index (χ4v) is 6.71. The molecular formula is C29H35N3O5. The second kappa shape index (κ2) is 9.58. The fourth-order valence-electron chi connectivity index (χ4n) is 6.71. The van der Waals surface area contributed by atoms with Gasteiger partial charge in [0.1, 0.15) is 11.6 Å². The first-order valence-corrected chi connectivity index (χ1v) is 13.0. The first kappa shape index (κ1) is 25.4. The molecule has 3 N–H and O–H groups in total. The molecule has 2 unspecified atom stereocenters. The molecule has 8 nitrogen and oxygen atoms in total. The molecule has 8 heteroatoms. The Kier molecular flexibility index (Phi) is 6.58. The van der Waals surface area contributed by atoms with Gasteiger partial charge in [-0.05, 0) is 56.7 Å². The summed E-state index contributed by atoms with van der Waals surface area (Å²) >= 11 is 0. The molecule has 3 aliphatic rings. The number of aryl methyl sites for hydroxylation is 2. The molecule has 0 radical (unpaired) electrons. The molecule has 0 aromatic heterocycles. The Balaban J connectivity index is 1.46. The predicted octanol–water partition coefficient (Wildman–Crippen LogP) is 2.71. The first-order valence-electron chi connectivity index (χ1n) is 13.0. The third-order valence-electron chi connectivity index (χ3n) is 8.40. The number of hydrogen-bond donors (Lipinski definition) is 3. The van der Waals surface area contributed by atoms with Gasteiger partial charge in [0, 0.05) is 25.4 Å². The second-order valence-corrected chi connectivity index (χ2v) is 10.8. The number of carbonyl (C=O) groups is 3. The average molecular weight is 506 g/mol. The second-order valence-electron chi connectivity index (χ2n) is 10.8. The third kappa shape index (κ3) is 4.12. The number of para-hydroxylation sites is 1.